The van der Waals surface area contributed by atoms with E-state index in [4.69, 9.17) is 4.74 Å². The molecule has 0 spiro atoms. The summed E-state index contributed by atoms with van der Waals surface area (Å²) in [6.45, 7) is 0. The Morgan fingerprint density at radius 1 is 0.881 bits per heavy atom. The first-order chi connectivity index (χ1) is 20.6. The highest BCUT2D eigenvalue weighted by atomic mass is 19.1. The number of nitrogens with one attached hydrogen (secondary N) is 3. The molecule has 0 unspecified atom stereocenters. The first-order valence-corrected chi connectivity index (χ1v) is 14.1. The van der Waals surface area contributed by atoms with E-state index in [0.717, 1.165) is 75.6 Å². The van der Waals surface area contributed by atoms with Gasteiger partial charge in [0.1, 0.15) is 17.3 Å². The quantitative estimate of drug-likeness (QED) is 0.195. The molecule has 1 saturated carbocycles. The van der Waals surface area contributed by atoms with E-state index in [2.05, 4.69) is 36.5 Å². The monoisotopic (exact) mass is 560 g/mol. The lowest BCUT2D eigenvalue weighted by Crippen LogP contribution is -2.24. The molecule has 0 radical (unpaired) electrons. The molecule has 0 aliphatic heterocycles. The molecule has 8 nitrogen and oxygen atoms in total. The molecule has 210 valence electrons. The normalized spacial score (nSPS) is 14.0. The molecule has 1 amide bonds. The van der Waals surface area contributed by atoms with Crippen LogP contribution in [0.3, 0.4) is 0 Å². The number of carbonyl (C=O) groups is 1. The van der Waals surface area contributed by atoms with Gasteiger partial charge < -0.3 is 15.0 Å². The first-order valence-electron chi connectivity index (χ1n) is 14.1. The number of pyridine rings is 2. The minimum Gasteiger partial charge on any atom is -0.497 e. The maximum Gasteiger partial charge on any atom is 0.227 e. The van der Waals surface area contributed by atoms with Crippen LogP contribution >= 0.6 is 0 Å². The number of H-pyrrole nitrogens is 2. The van der Waals surface area contributed by atoms with Crippen molar-refractivity contribution >= 4 is 33.4 Å². The summed E-state index contributed by atoms with van der Waals surface area (Å²) < 4.78 is 19.6. The van der Waals surface area contributed by atoms with Crippen molar-refractivity contribution in [2.75, 3.05) is 12.4 Å². The van der Waals surface area contributed by atoms with Crippen molar-refractivity contribution in [1.29, 1.82) is 0 Å². The van der Waals surface area contributed by atoms with E-state index in [-0.39, 0.29) is 17.6 Å². The number of fused-ring (bicyclic) bond motifs is 2. The third-order valence-corrected chi connectivity index (χ3v) is 8.10. The minimum atomic E-state index is -0.380. The number of benzene rings is 2. The lowest BCUT2D eigenvalue weighted by atomic mass is 9.88. The number of nitrogens with zero attached hydrogens (tertiary/aromatic N) is 3. The number of ether oxygens (including phenoxy) is 1. The van der Waals surface area contributed by atoms with Gasteiger partial charge >= 0.3 is 0 Å². The van der Waals surface area contributed by atoms with Crippen molar-refractivity contribution in [3.8, 4) is 39.4 Å². The zero-order chi connectivity index (χ0) is 28.6. The number of carbonyl (C=O) groups excluding carboxylic acids is 1. The third kappa shape index (κ3) is 4.87. The predicted octanol–water partition coefficient (Wildman–Crippen LogP) is 7.50. The molecule has 42 heavy (non-hydrogen) atoms. The highest BCUT2D eigenvalue weighted by molar-refractivity contribution is 6.01. The summed E-state index contributed by atoms with van der Waals surface area (Å²) in [5, 5.41) is 12.6. The van der Waals surface area contributed by atoms with E-state index in [1.165, 1.54) is 25.7 Å². The Kier molecular flexibility index (Phi) is 6.62. The van der Waals surface area contributed by atoms with Gasteiger partial charge in [0.15, 0.2) is 0 Å². The number of aromatic amines is 2. The first kappa shape index (κ1) is 25.9. The fourth-order valence-corrected chi connectivity index (χ4v) is 5.92. The molecule has 3 N–H and O–H groups in total. The molecule has 4 aromatic heterocycles. The van der Waals surface area contributed by atoms with Crippen molar-refractivity contribution in [3.63, 3.8) is 0 Å². The number of halogens is 1. The van der Waals surface area contributed by atoms with Crippen molar-refractivity contribution < 1.29 is 13.9 Å². The summed E-state index contributed by atoms with van der Waals surface area (Å²) >= 11 is 0. The van der Waals surface area contributed by atoms with E-state index in [1.54, 1.807) is 30.9 Å². The maximum absolute atomic E-state index is 14.3. The van der Waals surface area contributed by atoms with E-state index in [1.807, 2.05) is 24.3 Å². The molecule has 1 aliphatic carbocycles. The molecule has 4 heterocycles. The van der Waals surface area contributed by atoms with Crippen LogP contribution in [0.2, 0.25) is 0 Å². The van der Waals surface area contributed by atoms with Crippen LogP contribution in [-0.4, -0.2) is 38.2 Å². The Hall–Kier alpha value is -5.05. The maximum atomic E-state index is 14.3. The van der Waals surface area contributed by atoms with Gasteiger partial charge in [0.05, 0.1) is 41.9 Å². The Bertz CT molecular complexity index is 1940. The number of rotatable bonds is 6. The lowest BCUT2D eigenvalue weighted by Gasteiger charge is -2.20. The highest BCUT2D eigenvalue weighted by Gasteiger charge is 2.21. The van der Waals surface area contributed by atoms with Crippen LogP contribution in [0, 0.1) is 11.7 Å². The number of hydrogen-bond acceptors (Lipinski definition) is 5. The number of amides is 1. The van der Waals surface area contributed by atoms with Crippen LogP contribution in [0.15, 0.2) is 73.3 Å². The van der Waals surface area contributed by atoms with Crippen LogP contribution in [0.25, 0.3) is 55.4 Å². The fraction of sp³-hybridized carbons (Fsp3) is 0.212. The summed E-state index contributed by atoms with van der Waals surface area (Å²) in [6, 6.07) is 14.7. The van der Waals surface area contributed by atoms with Gasteiger partial charge in [-0.1, -0.05) is 25.3 Å². The van der Waals surface area contributed by atoms with Crippen LogP contribution in [-0.2, 0) is 4.79 Å². The zero-order valence-electron chi connectivity index (χ0n) is 23.1. The number of hydrogen-bond donors (Lipinski definition) is 3. The van der Waals surface area contributed by atoms with Crippen LogP contribution in [0.5, 0.6) is 5.75 Å². The number of methoxy groups -OCH3 is 1. The van der Waals surface area contributed by atoms with Gasteiger partial charge in [0.2, 0.25) is 5.91 Å². The van der Waals surface area contributed by atoms with Gasteiger partial charge in [0.25, 0.3) is 0 Å². The number of anilines is 1. The van der Waals surface area contributed by atoms with Crippen molar-refractivity contribution in [2.45, 2.75) is 32.1 Å². The summed E-state index contributed by atoms with van der Waals surface area (Å²) in [4.78, 5) is 25.0. The Labute approximate surface area is 241 Å². The molecular weight excluding hydrogens is 531 g/mol. The van der Waals surface area contributed by atoms with Gasteiger partial charge in [0, 0.05) is 46.3 Å². The summed E-state index contributed by atoms with van der Waals surface area (Å²) in [6.07, 6.45) is 12.3. The molecule has 0 atom stereocenters. The SMILES string of the molecule is COc1cc(F)cc(-c2cncc3[nH]c(-c4n[nH]c5ccc(-c6cncc(NC(=O)C7CCCCC7)c6)cc45)cc23)c1. The Morgan fingerprint density at radius 3 is 2.60 bits per heavy atom. The largest absolute Gasteiger partial charge is 0.497 e. The van der Waals surface area contributed by atoms with Gasteiger partial charge in [-0.15, -0.1) is 0 Å². The van der Waals surface area contributed by atoms with Crippen LogP contribution in [0.4, 0.5) is 10.1 Å². The second kappa shape index (κ2) is 10.7. The third-order valence-electron chi connectivity index (χ3n) is 8.10. The lowest BCUT2D eigenvalue weighted by molar-refractivity contribution is -0.120. The van der Waals surface area contributed by atoms with Crippen molar-refractivity contribution in [1.82, 2.24) is 25.1 Å². The summed E-state index contributed by atoms with van der Waals surface area (Å²) in [7, 11) is 1.52. The van der Waals surface area contributed by atoms with Gasteiger partial charge in [-0.25, -0.2) is 4.39 Å². The van der Waals surface area contributed by atoms with Crippen molar-refractivity contribution in [2.24, 2.45) is 5.92 Å². The predicted molar refractivity (Wildman–Crippen MR) is 162 cm³/mol. The Balaban J connectivity index is 1.23. The molecule has 1 fully saturated rings. The molecule has 2 aromatic carbocycles. The smallest absolute Gasteiger partial charge is 0.227 e. The minimum absolute atomic E-state index is 0.0715. The average molecular weight is 561 g/mol. The van der Waals surface area contributed by atoms with Gasteiger partial charge in [-0.2, -0.15) is 5.10 Å². The molecule has 6 aromatic rings. The molecular formula is C33H29FN6O2. The van der Waals surface area contributed by atoms with Crippen molar-refractivity contribution in [3.05, 3.63) is 79.1 Å². The zero-order valence-corrected chi connectivity index (χ0v) is 23.1. The van der Waals surface area contributed by atoms with Crippen LogP contribution < -0.4 is 10.1 Å². The molecule has 0 bridgehead atoms. The summed E-state index contributed by atoms with van der Waals surface area (Å²) in [5.41, 5.74) is 7.25. The molecule has 0 saturated heterocycles. The van der Waals surface area contributed by atoms with E-state index < -0.39 is 0 Å². The number of aromatic nitrogens is 5. The van der Waals surface area contributed by atoms with Gasteiger partial charge in [-0.3, -0.25) is 19.9 Å². The summed E-state index contributed by atoms with van der Waals surface area (Å²) in [5.74, 6) is 0.207. The molecule has 1 aliphatic rings. The highest BCUT2D eigenvalue weighted by Crippen LogP contribution is 2.36. The topological polar surface area (TPSA) is 109 Å². The van der Waals surface area contributed by atoms with Crippen LogP contribution in [0.1, 0.15) is 32.1 Å². The Morgan fingerprint density at radius 2 is 1.74 bits per heavy atom. The average Bonchev–Trinajstić information content (AvgIpc) is 3.65. The van der Waals surface area contributed by atoms with E-state index in [9.17, 15) is 9.18 Å². The molecule has 7 rings (SSSR count). The van der Waals surface area contributed by atoms with E-state index >= 15 is 0 Å². The fourth-order valence-electron chi connectivity index (χ4n) is 5.92. The van der Waals surface area contributed by atoms with Gasteiger partial charge in [-0.05, 0) is 60.4 Å². The standard InChI is InChI=1S/C33H29FN6O2/c1-42-25-11-21(9-23(34)13-25)28-17-36-18-31-26(28)14-30(38-31)32-27-12-20(7-8-29(27)39-40-32)22-10-24(16-35-15-22)37-33(41)19-5-3-2-4-6-19/h7-19,38H,2-6H2,1H3,(H,37,41)(H,39,40). The van der Waals surface area contributed by atoms with E-state index in [0.29, 0.717) is 17.0 Å². The molecule has 9 heteroatoms. The second-order valence-corrected chi connectivity index (χ2v) is 10.8. The second-order valence-electron chi connectivity index (χ2n) is 10.8.